The van der Waals surface area contributed by atoms with Crippen LogP contribution in [-0.2, 0) is 21.4 Å². The number of ketones is 1. The highest BCUT2D eigenvalue weighted by atomic mass is 32.2. The fourth-order valence-electron chi connectivity index (χ4n) is 2.63. The van der Waals surface area contributed by atoms with E-state index in [1.165, 1.54) is 48.2 Å². The van der Waals surface area contributed by atoms with E-state index in [-0.39, 0.29) is 41.9 Å². The number of hydrogen-bond acceptors (Lipinski definition) is 4. The lowest BCUT2D eigenvalue weighted by Gasteiger charge is -2.21. The van der Waals surface area contributed by atoms with Crippen molar-refractivity contribution in [3.05, 3.63) is 65.5 Å². The standard InChI is InChI=1S/C20H23FN2O4S/c1-3-23(14-16-5-4-6-18(21)13-16)20(25)11-12-22-28(26,27)19-9-7-17(8-10-19)15(2)24/h4-10,13,22H,3,11-12,14H2,1-2H3. The molecule has 0 unspecified atom stereocenters. The van der Waals surface area contributed by atoms with Gasteiger partial charge in [0.1, 0.15) is 5.82 Å². The molecule has 6 nitrogen and oxygen atoms in total. The van der Waals surface area contributed by atoms with Crippen LogP contribution in [0.1, 0.15) is 36.2 Å². The van der Waals surface area contributed by atoms with Gasteiger partial charge in [-0.3, -0.25) is 9.59 Å². The van der Waals surface area contributed by atoms with Crippen LogP contribution in [-0.4, -0.2) is 38.1 Å². The Morgan fingerprint density at radius 3 is 2.36 bits per heavy atom. The first kappa shape index (κ1) is 21.7. The molecule has 0 radical (unpaired) electrons. The number of nitrogens with one attached hydrogen (secondary N) is 1. The van der Waals surface area contributed by atoms with Crippen LogP contribution in [0.5, 0.6) is 0 Å². The molecule has 0 spiro atoms. The van der Waals surface area contributed by atoms with Gasteiger partial charge in [-0.25, -0.2) is 17.5 Å². The maximum absolute atomic E-state index is 13.3. The van der Waals surface area contributed by atoms with Gasteiger partial charge in [0.25, 0.3) is 0 Å². The van der Waals surface area contributed by atoms with Crippen LogP contribution in [0.2, 0.25) is 0 Å². The minimum atomic E-state index is -3.78. The molecular weight excluding hydrogens is 383 g/mol. The zero-order valence-corrected chi connectivity index (χ0v) is 16.6. The van der Waals surface area contributed by atoms with Crippen molar-refractivity contribution >= 4 is 21.7 Å². The van der Waals surface area contributed by atoms with E-state index in [1.807, 2.05) is 0 Å². The Morgan fingerprint density at radius 2 is 1.79 bits per heavy atom. The minimum absolute atomic E-state index is 0.0199. The van der Waals surface area contributed by atoms with Crippen molar-refractivity contribution in [3.63, 3.8) is 0 Å². The average Bonchev–Trinajstić information content (AvgIpc) is 2.66. The first-order chi connectivity index (χ1) is 13.2. The lowest BCUT2D eigenvalue weighted by molar-refractivity contribution is -0.131. The largest absolute Gasteiger partial charge is 0.339 e. The number of halogens is 1. The highest BCUT2D eigenvalue weighted by molar-refractivity contribution is 7.89. The van der Waals surface area contributed by atoms with Gasteiger partial charge in [0, 0.05) is 31.6 Å². The van der Waals surface area contributed by atoms with Gasteiger partial charge < -0.3 is 4.90 Å². The third-order valence-corrected chi connectivity index (χ3v) is 5.68. The second kappa shape index (κ2) is 9.57. The van der Waals surface area contributed by atoms with Crippen molar-refractivity contribution in [2.45, 2.75) is 31.7 Å². The number of benzene rings is 2. The smallest absolute Gasteiger partial charge is 0.240 e. The summed E-state index contributed by atoms with van der Waals surface area (Å²) in [5.41, 5.74) is 1.09. The molecule has 1 N–H and O–H groups in total. The molecule has 0 aliphatic heterocycles. The maximum Gasteiger partial charge on any atom is 0.240 e. The predicted octanol–water partition coefficient (Wildman–Crippen LogP) is 2.75. The molecule has 8 heteroatoms. The maximum atomic E-state index is 13.3. The highest BCUT2D eigenvalue weighted by Crippen LogP contribution is 2.12. The molecule has 0 bridgehead atoms. The summed E-state index contributed by atoms with van der Waals surface area (Å²) in [7, 11) is -3.78. The van der Waals surface area contributed by atoms with E-state index in [2.05, 4.69) is 4.72 Å². The van der Waals surface area contributed by atoms with Crippen molar-refractivity contribution in [2.75, 3.05) is 13.1 Å². The zero-order valence-electron chi connectivity index (χ0n) is 15.8. The molecule has 0 aromatic heterocycles. The summed E-state index contributed by atoms with van der Waals surface area (Å²) in [6.07, 6.45) is -0.0199. The van der Waals surface area contributed by atoms with Crippen LogP contribution in [0.3, 0.4) is 0 Å². The molecule has 0 heterocycles. The first-order valence-corrected chi connectivity index (χ1v) is 10.3. The highest BCUT2D eigenvalue weighted by Gasteiger charge is 2.17. The Bertz CT molecular complexity index is 943. The van der Waals surface area contributed by atoms with Crippen LogP contribution in [0.4, 0.5) is 4.39 Å². The van der Waals surface area contributed by atoms with Gasteiger partial charge in [0.15, 0.2) is 5.78 Å². The molecule has 0 fully saturated rings. The van der Waals surface area contributed by atoms with Gasteiger partial charge >= 0.3 is 0 Å². The van der Waals surface area contributed by atoms with E-state index in [0.717, 1.165) is 0 Å². The number of hydrogen-bond donors (Lipinski definition) is 1. The number of carbonyl (C=O) groups is 2. The van der Waals surface area contributed by atoms with Crippen LogP contribution >= 0.6 is 0 Å². The molecule has 0 saturated heterocycles. The Hall–Kier alpha value is -2.58. The molecule has 0 aliphatic carbocycles. The van der Waals surface area contributed by atoms with Crippen molar-refractivity contribution in [3.8, 4) is 0 Å². The number of rotatable bonds is 9. The molecule has 0 atom stereocenters. The lowest BCUT2D eigenvalue weighted by Crippen LogP contribution is -2.34. The second-order valence-corrected chi connectivity index (χ2v) is 8.03. The number of sulfonamides is 1. The van der Waals surface area contributed by atoms with Crippen LogP contribution in [0, 0.1) is 5.82 Å². The third-order valence-electron chi connectivity index (χ3n) is 4.20. The quantitative estimate of drug-likeness (QED) is 0.649. The van der Waals surface area contributed by atoms with Gasteiger partial charge in [0.2, 0.25) is 15.9 Å². The summed E-state index contributed by atoms with van der Waals surface area (Å²) >= 11 is 0. The average molecular weight is 406 g/mol. The Kier molecular flexibility index (Phi) is 7.42. The first-order valence-electron chi connectivity index (χ1n) is 8.86. The van der Waals surface area contributed by atoms with Gasteiger partial charge in [-0.2, -0.15) is 0 Å². The Morgan fingerprint density at radius 1 is 1.11 bits per heavy atom. The summed E-state index contributed by atoms with van der Waals surface area (Å²) < 4.78 is 40.3. The third kappa shape index (κ3) is 5.97. The Labute approximate surface area is 164 Å². The van der Waals surface area contributed by atoms with E-state index in [4.69, 9.17) is 0 Å². The number of nitrogens with zero attached hydrogens (tertiary/aromatic N) is 1. The van der Waals surface area contributed by atoms with Crippen LogP contribution in [0.15, 0.2) is 53.4 Å². The number of Topliss-reactive ketones (excluding diaryl/α,β-unsaturated/α-hetero) is 1. The van der Waals surface area contributed by atoms with Crippen molar-refractivity contribution in [2.24, 2.45) is 0 Å². The molecule has 1 amide bonds. The molecular formula is C20H23FN2O4S. The van der Waals surface area contributed by atoms with E-state index >= 15 is 0 Å². The van der Waals surface area contributed by atoms with Gasteiger partial charge in [-0.05, 0) is 43.7 Å². The molecule has 2 aromatic carbocycles. The van der Waals surface area contributed by atoms with E-state index < -0.39 is 10.0 Å². The summed E-state index contributed by atoms with van der Waals surface area (Å²) in [5, 5.41) is 0. The van der Waals surface area contributed by atoms with Crippen molar-refractivity contribution in [1.82, 2.24) is 9.62 Å². The minimum Gasteiger partial charge on any atom is -0.339 e. The molecule has 150 valence electrons. The van der Waals surface area contributed by atoms with Crippen molar-refractivity contribution in [1.29, 1.82) is 0 Å². The van der Waals surface area contributed by atoms with Gasteiger partial charge in [-0.1, -0.05) is 24.3 Å². The normalized spacial score (nSPS) is 11.2. The Balaban J connectivity index is 1.92. The lowest BCUT2D eigenvalue weighted by atomic mass is 10.2. The number of carbonyl (C=O) groups excluding carboxylic acids is 2. The molecule has 28 heavy (non-hydrogen) atoms. The molecule has 0 aliphatic rings. The molecule has 2 aromatic rings. The second-order valence-electron chi connectivity index (χ2n) is 6.27. The predicted molar refractivity (Wildman–Crippen MR) is 104 cm³/mol. The molecule has 2 rings (SSSR count). The van der Waals surface area contributed by atoms with E-state index in [1.54, 1.807) is 19.1 Å². The summed E-state index contributed by atoms with van der Waals surface area (Å²) in [6, 6.07) is 11.6. The zero-order chi connectivity index (χ0) is 20.7. The van der Waals surface area contributed by atoms with Crippen LogP contribution in [0.25, 0.3) is 0 Å². The summed E-state index contributed by atoms with van der Waals surface area (Å²) in [6.45, 7) is 3.82. The summed E-state index contributed by atoms with van der Waals surface area (Å²) in [5.74, 6) is -0.758. The van der Waals surface area contributed by atoms with E-state index in [0.29, 0.717) is 17.7 Å². The van der Waals surface area contributed by atoms with E-state index in [9.17, 15) is 22.4 Å². The SMILES string of the molecule is CCN(Cc1cccc(F)c1)C(=O)CCNS(=O)(=O)c1ccc(C(C)=O)cc1. The molecule has 0 saturated carbocycles. The topological polar surface area (TPSA) is 83.6 Å². The summed E-state index contributed by atoms with van der Waals surface area (Å²) in [4.78, 5) is 25.2. The number of amides is 1. The van der Waals surface area contributed by atoms with Crippen LogP contribution < -0.4 is 4.72 Å². The van der Waals surface area contributed by atoms with Gasteiger partial charge in [0.05, 0.1) is 4.90 Å². The fraction of sp³-hybridized carbons (Fsp3) is 0.300. The van der Waals surface area contributed by atoms with Gasteiger partial charge in [-0.15, -0.1) is 0 Å². The van der Waals surface area contributed by atoms with Crippen molar-refractivity contribution < 1.29 is 22.4 Å². The fourth-order valence-corrected chi connectivity index (χ4v) is 3.67. The monoisotopic (exact) mass is 406 g/mol.